The Bertz CT molecular complexity index is 321. The van der Waals surface area contributed by atoms with Crippen LogP contribution in [-0.2, 0) is 6.42 Å². The first kappa shape index (κ1) is 12.0. The molecule has 0 aromatic heterocycles. The Morgan fingerprint density at radius 3 is 2.47 bits per heavy atom. The molecule has 1 aromatic carbocycles. The van der Waals surface area contributed by atoms with E-state index in [0.29, 0.717) is 5.56 Å². The molecule has 0 fully saturated rings. The molecule has 84 valence electrons. The van der Waals surface area contributed by atoms with Crippen molar-refractivity contribution in [1.29, 1.82) is 0 Å². The Kier molecular flexibility index (Phi) is 3.68. The van der Waals surface area contributed by atoms with Gasteiger partial charge in [-0.05, 0) is 30.5 Å². The van der Waals surface area contributed by atoms with Crippen molar-refractivity contribution in [3.8, 4) is 0 Å². The average molecular weight is 221 g/mol. The predicted molar refractivity (Wildman–Crippen MR) is 48.8 cm³/mol. The highest BCUT2D eigenvalue weighted by Crippen LogP contribution is 2.21. The molecule has 1 nitrogen and oxygen atoms in total. The normalized spacial score (nSPS) is 13.9. The lowest BCUT2D eigenvalue weighted by molar-refractivity contribution is -0.148. The minimum absolute atomic E-state index is 0.123. The van der Waals surface area contributed by atoms with E-state index in [1.54, 1.807) is 6.07 Å². The van der Waals surface area contributed by atoms with E-state index in [-0.39, 0.29) is 12.8 Å². The number of rotatable bonds is 3. The first-order valence-electron chi connectivity index (χ1n) is 4.46. The number of aryl methyl sites for hydroxylation is 1. The van der Waals surface area contributed by atoms with Gasteiger partial charge in [-0.3, -0.25) is 0 Å². The summed E-state index contributed by atoms with van der Waals surface area (Å²) in [5, 5.41) is 0. The van der Waals surface area contributed by atoms with E-state index in [9.17, 15) is 17.6 Å². The van der Waals surface area contributed by atoms with Crippen molar-refractivity contribution in [3.05, 3.63) is 35.6 Å². The van der Waals surface area contributed by atoms with Crippen LogP contribution in [0.1, 0.15) is 12.0 Å². The molecule has 0 heterocycles. The zero-order valence-electron chi connectivity index (χ0n) is 7.89. The highest BCUT2D eigenvalue weighted by Gasteiger charge is 2.35. The average Bonchev–Trinajstić information content (AvgIpc) is 2.12. The van der Waals surface area contributed by atoms with Crippen LogP contribution in [-0.4, -0.2) is 12.2 Å². The van der Waals surface area contributed by atoms with E-state index >= 15 is 0 Å². The molecule has 1 rings (SSSR count). The van der Waals surface area contributed by atoms with Gasteiger partial charge in [-0.2, -0.15) is 13.2 Å². The molecule has 0 aliphatic carbocycles. The van der Waals surface area contributed by atoms with Gasteiger partial charge >= 0.3 is 6.18 Å². The number of nitrogens with two attached hydrogens (primary N) is 1. The van der Waals surface area contributed by atoms with Crippen LogP contribution in [0.15, 0.2) is 24.3 Å². The van der Waals surface area contributed by atoms with Crippen molar-refractivity contribution in [3.63, 3.8) is 0 Å². The Morgan fingerprint density at radius 2 is 1.93 bits per heavy atom. The van der Waals surface area contributed by atoms with Crippen molar-refractivity contribution in [1.82, 2.24) is 0 Å². The summed E-state index contributed by atoms with van der Waals surface area (Å²) in [4.78, 5) is 0. The smallest absolute Gasteiger partial charge is 0.320 e. The first-order chi connectivity index (χ1) is 6.89. The summed E-state index contributed by atoms with van der Waals surface area (Å²) in [6, 6.07) is 3.65. The van der Waals surface area contributed by atoms with Gasteiger partial charge in [-0.25, -0.2) is 4.39 Å². The summed E-state index contributed by atoms with van der Waals surface area (Å²) < 4.78 is 48.8. The lowest BCUT2D eigenvalue weighted by Crippen LogP contribution is -2.37. The summed E-state index contributed by atoms with van der Waals surface area (Å²) >= 11 is 0. The van der Waals surface area contributed by atoms with Gasteiger partial charge in [0.2, 0.25) is 0 Å². The van der Waals surface area contributed by atoms with Gasteiger partial charge in [-0.15, -0.1) is 0 Å². The third-order valence-corrected chi connectivity index (χ3v) is 2.05. The minimum atomic E-state index is -4.38. The molecular weight excluding hydrogens is 210 g/mol. The minimum Gasteiger partial charge on any atom is -0.320 e. The molecule has 0 aliphatic heterocycles. The molecule has 15 heavy (non-hydrogen) atoms. The van der Waals surface area contributed by atoms with Gasteiger partial charge in [-0.1, -0.05) is 12.1 Å². The molecule has 0 bridgehead atoms. The van der Waals surface area contributed by atoms with E-state index < -0.39 is 18.0 Å². The fraction of sp³-hybridized carbons (Fsp3) is 0.400. The number of halogens is 4. The molecule has 0 aliphatic rings. The second-order valence-electron chi connectivity index (χ2n) is 3.32. The van der Waals surface area contributed by atoms with E-state index in [4.69, 9.17) is 5.73 Å². The van der Waals surface area contributed by atoms with Crippen LogP contribution in [0.4, 0.5) is 17.6 Å². The van der Waals surface area contributed by atoms with Crippen LogP contribution >= 0.6 is 0 Å². The maximum atomic E-state index is 12.7. The fourth-order valence-corrected chi connectivity index (χ4v) is 1.18. The van der Waals surface area contributed by atoms with Gasteiger partial charge in [0.1, 0.15) is 11.9 Å². The Hall–Kier alpha value is -1.10. The van der Waals surface area contributed by atoms with Crippen LogP contribution in [0.25, 0.3) is 0 Å². The predicted octanol–water partition coefficient (Wildman–Crippen LogP) is 2.65. The van der Waals surface area contributed by atoms with Gasteiger partial charge in [0, 0.05) is 0 Å². The van der Waals surface area contributed by atoms with Gasteiger partial charge in [0.15, 0.2) is 0 Å². The summed E-state index contributed by atoms with van der Waals surface area (Å²) in [5.41, 5.74) is 5.44. The lowest BCUT2D eigenvalue weighted by Gasteiger charge is -2.15. The van der Waals surface area contributed by atoms with E-state index in [2.05, 4.69) is 0 Å². The van der Waals surface area contributed by atoms with Gasteiger partial charge in [0.05, 0.1) is 0 Å². The Balaban J connectivity index is 2.51. The summed E-state index contributed by atoms with van der Waals surface area (Å²) in [6.07, 6.45) is -4.49. The second kappa shape index (κ2) is 4.61. The molecule has 5 heteroatoms. The Morgan fingerprint density at radius 1 is 1.27 bits per heavy atom. The number of hydrogen-bond acceptors (Lipinski definition) is 1. The first-order valence-corrected chi connectivity index (χ1v) is 4.46. The van der Waals surface area contributed by atoms with Crippen LogP contribution in [0.5, 0.6) is 0 Å². The monoisotopic (exact) mass is 221 g/mol. The standard InChI is InChI=1S/C10H11F4N/c11-8-3-1-2-7(6-8)4-5-9(15)10(12,13)14/h1-3,6,9H,4-5,15H2/t9-/m0/s1. The zero-order valence-corrected chi connectivity index (χ0v) is 7.89. The molecule has 0 radical (unpaired) electrons. The molecular formula is C10H11F4N. The molecule has 0 unspecified atom stereocenters. The molecule has 0 saturated heterocycles. The third-order valence-electron chi connectivity index (χ3n) is 2.05. The maximum absolute atomic E-state index is 12.7. The fourth-order valence-electron chi connectivity index (χ4n) is 1.18. The summed E-state index contributed by atoms with van der Waals surface area (Å²) in [5.74, 6) is -0.451. The number of alkyl halides is 3. The summed E-state index contributed by atoms with van der Waals surface area (Å²) in [6.45, 7) is 0. The van der Waals surface area contributed by atoms with Crippen molar-refractivity contribution < 1.29 is 17.6 Å². The topological polar surface area (TPSA) is 26.0 Å². The van der Waals surface area contributed by atoms with Crippen LogP contribution in [0.3, 0.4) is 0 Å². The van der Waals surface area contributed by atoms with Crippen LogP contribution in [0.2, 0.25) is 0 Å². The maximum Gasteiger partial charge on any atom is 0.403 e. The molecule has 2 N–H and O–H groups in total. The van der Waals surface area contributed by atoms with Crippen molar-refractivity contribution in [2.75, 3.05) is 0 Å². The lowest BCUT2D eigenvalue weighted by atomic mass is 10.1. The number of benzene rings is 1. The highest BCUT2D eigenvalue weighted by molar-refractivity contribution is 5.16. The molecule has 0 saturated carbocycles. The van der Waals surface area contributed by atoms with E-state index in [1.807, 2.05) is 0 Å². The van der Waals surface area contributed by atoms with Crippen LogP contribution in [0, 0.1) is 5.82 Å². The zero-order chi connectivity index (χ0) is 11.5. The molecule has 1 aromatic rings. The SMILES string of the molecule is N[C@@H](CCc1cccc(F)c1)C(F)(F)F. The van der Waals surface area contributed by atoms with E-state index in [1.165, 1.54) is 18.2 Å². The van der Waals surface area contributed by atoms with Crippen molar-refractivity contribution in [2.45, 2.75) is 25.1 Å². The molecule has 1 atom stereocenters. The van der Waals surface area contributed by atoms with E-state index in [0.717, 1.165) is 0 Å². The van der Waals surface area contributed by atoms with Crippen molar-refractivity contribution >= 4 is 0 Å². The van der Waals surface area contributed by atoms with Gasteiger partial charge < -0.3 is 5.73 Å². The van der Waals surface area contributed by atoms with Crippen molar-refractivity contribution in [2.24, 2.45) is 5.73 Å². The quantitative estimate of drug-likeness (QED) is 0.780. The number of hydrogen-bond donors (Lipinski definition) is 1. The Labute approximate surface area is 84.9 Å². The van der Waals surface area contributed by atoms with Gasteiger partial charge in [0.25, 0.3) is 0 Å². The highest BCUT2D eigenvalue weighted by atomic mass is 19.4. The van der Waals surface area contributed by atoms with Crippen LogP contribution < -0.4 is 5.73 Å². The second-order valence-corrected chi connectivity index (χ2v) is 3.32. The summed E-state index contributed by atoms with van der Waals surface area (Å²) in [7, 11) is 0. The molecule has 0 spiro atoms. The molecule has 0 amide bonds. The third kappa shape index (κ3) is 3.87. The largest absolute Gasteiger partial charge is 0.403 e.